The first kappa shape index (κ1) is 10.0. The first-order valence-corrected chi connectivity index (χ1v) is 4.47. The fourth-order valence-corrected chi connectivity index (χ4v) is 1.38. The minimum Gasteiger partial charge on any atom is -0.481 e. The van der Waals surface area contributed by atoms with Gasteiger partial charge in [0.2, 0.25) is 5.88 Å². The average Bonchev–Trinajstić information content (AvgIpc) is 2.03. The Kier molecular flexibility index (Phi) is 2.60. The van der Waals surface area contributed by atoms with Crippen molar-refractivity contribution in [3.63, 3.8) is 0 Å². The lowest BCUT2D eigenvalue weighted by atomic mass is 9.89. The van der Waals surface area contributed by atoms with E-state index in [1.54, 1.807) is 7.11 Å². The molecule has 0 aliphatic carbocycles. The highest BCUT2D eigenvalue weighted by atomic mass is 16.5. The Morgan fingerprint density at radius 2 is 1.85 bits per heavy atom. The lowest BCUT2D eigenvalue weighted by Gasteiger charge is -2.20. The van der Waals surface area contributed by atoms with Gasteiger partial charge in [0, 0.05) is 11.5 Å². The molecule has 0 aliphatic heterocycles. The molecule has 1 aromatic rings. The number of rotatable bonds is 1. The van der Waals surface area contributed by atoms with E-state index in [4.69, 9.17) is 4.74 Å². The predicted octanol–water partition coefficient (Wildman–Crippen LogP) is 2.70. The SMILES string of the molecule is COc1ccc(C)c(C(C)(C)C)n1. The number of hydrogen-bond acceptors (Lipinski definition) is 2. The molecular weight excluding hydrogens is 162 g/mol. The highest BCUT2D eigenvalue weighted by Crippen LogP contribution is 2.25. The summed E-state index contributed by atoms with van der Waals surface area (Å²) in [5.74, 6) is 0.690. The van der Waals surface area contributed by atoms with Crippen LogP contribution < -0.4 is 4.74 Å². The maximum atomic E-state index is 5.09. The molecular formula is C11H17NO. The van der Waals surface area contributed by atoms with Gasteiger partial charge in [-0.15, -0.1) is 0 Å². The van der Waals surface area contributed by atoms with E-state index in [2.05, 4.69) is 32.7 Å². The number of nitrogens with zero attached hydrogens (tertiary/aromatic N) is 1. The lowest BCUT2D eigenvalue weighted by Crippen LogP contribution is -2.15. The van der Waals surface area contributed by atoms with E-state index in [0.717, 1.165) is 5.69 Å². The Labute approximate surface area is 80.0 Å². The maximum absolute atomic E-state index is 5.09. The summed E-state index contributed by atoms with van der Waals surface area (Å²) < 4.78 is 5.09. The average molecular weight is 179 g/mol. The van der Waals surface area contributed by atoms with Crippen molar-refractivity contribution >= 4 is 0 Å². The first-order chi connectivity index (χ1) is 5.95. The van der Waals surface area contributed by atoms with Gasteiger partial charge < -0.3 is 4.74 Å². The highest BCUT2D eigenvalue weighted by molar-refractivity contribution is 5.29. The third kappa shape index (κ3) is 2.20. The zero-order chi connectivity index (χ0) is 10.1. The molecule has 0 spiro atoms. The van der Waals surface area contributed by atoms with Crippen molar-refractivity contribution in [2.24, 2.45) is 0 Å². The van der Waals surface area contributed by atoms with Gasteiger partial charge in [0.1, 0.15) is 0 Å². The van der Waals surface area contributed by atoms with Crippen molar-refractivity contribution < 1.29 is 4.74 Å². The molecule has 1 heterocycles. The highest BCUT2D eigenvalue weighted by Gasteiger charge is 2.18. The molecule has 0 atom stereocenters. The van der Waals surface area contributed by atoms with Crippen molar-refractivity contribution in [1.82, 2.24) is 4.98 Å². The van der Waals surface area contributed by atoms with E-state index < -0.39 is 0 Å². The predicted molar refractivity (Wildman–Crippen MR) is 54.2 cm³/mol. The second kappa shape index (κ2) is 3.36. The van der Waals surface area contributed by atoms with Gasteiger partial charge in [0.15, 0.2) is 0 Å². The second-order valence-corrected chi connectivity index (χ2v) is 4.27. The van der Waals surface area contributed by atoms with Gasteiger partial charge in [-0.25, -0.2) is 4.98 Å². The molecule has 0 radical (unpaired) electrons. The Hall–Kier alpha value is -1.05. The van der Waals surface area contributed by atoms with Gasteiger partial charge >= 0.3 is 0 Å². The molecule has 0 bridgehead atoms. The van der Waals surface area contributed by atoms with Crippen molar-refractivity contribution in [3.05, 3.63) is 23.4 Å². The van der Waals surface area contributed by atoms with Gasteiger partial charge in [0.25, 0.3) is 0 Å². The van der Waals surface area contributed by atoms with Crippen LogP contribution in [0.4, 0.5) is 0 Å². The smallest absolute Gasteiger partial charge is 0.213 e. The normalized spacial score (nSPS) is 11.5. The minimum atomic E-state index is 0.0820. The number of methoxy groups -OCH3 is 1. The van der Waals surface area contributed by atoms with Gasteiger partial charge in [-0.2, -0.15) is 0 Å². The van der Waals surface area contributed by atoms with Gasteiger partial charge in [-0.1, -0.05) is 26.8 Å². The number of ether oxygens (including phenoxy) is 1. The molecule has 1 rings (SSSR count). The fraction of sp³-hybridized carbons (Fsp3) is 0.545. The molecule has 0 aliphatic rings. The zero-order valence-corrected chi connectivity index (χ0v) is 9.01. The number of aryl methyl sites for hydroxylation is 1. The number of aromatic nitrogens is 1. The van der Waals surface area contributed by atoms with Crippen LogP contribution in [0.2, 0.25) is 0 Å². The molecule has 0 N–H and O–H groups in total. The van der Waals surface area contributed by atoms with Crippen LogP contribution in [-0.2, 0) is 5.41 Å². The summed E-state index contributed by atoms with van der Waals surface area (Å²) in [6.07, 6.45) is 0. The lowest BCUT2D eigenvalue weighted by molar-refractivity contribution is 0.391. The second-order valence-electron chi connectivity index (χ2n) is 4.27. The number of pyridine rings is 1. The van der Waals surface area contributed by atoms with Crippen molar-refractivity contribution in [2.75, 3.05) is 7.11 Å². The quantitative estimate of drug-likeness (QED) is 0.661. The summed E-state index contributed by atoms with van der Waals surface area (Å²) in [4.78, 5) is 4.44. The Bertz CT molecular complexity index is 299. The van der Waals surface area contributed by atoms with Gasteiger partial charge in [0.05, 0.1) is 12.8 Å². The van der Waals surface area contributed by atoms with E-state index in [1.807, 2.05) is 12.1 Å². The minimum absolute atomic E-state index is 0.0820. The van der Waals surface area contributed by atoms with E-state index in [0.29, 0.717) is 5.88 Å². The Balaban J connectivity index is 3.19. The molecule has 2 nitrogen and oxygen atoms in total. The van der Waals surface area contributed by atoms with Crippen molar-refractivity contribution in [3.8, 4) is 5.88 Å². The summed E-state index contributed by atoms with van der Waals surface area (Å²) in [6.45, 7) is 8.54. The van der Waals surface area contributed by atoms with Gasteiger partial charge in [-0.3, -0.25) is 0 Å². The molecule has 0 unspecified atom stereocenters. The third-order valence-corrected chi connectivity index (χ3v) is 1.99. The molecule has 13 heavy (non-hydrogen) atoms. The monoisotopic (exact) mass is 179 g/mol. The molecule has 2 heteroatoms. The molecule has 0 amide bonds. The van der Waals surface area contributed by atoms with Crippen LogP contribution in [0, 0.1) is 6.92 Å². The maximum Gasteiger partial charge on any atom is 0.213 e. The molecule has 1 aromatic heterocycles. The fourth-order valence-electron chi connectivity index (χ4n) is 1.38. The van der Waals surface area contributed by atoms with Crippen LogP contribution in [0.15, 0.2) is 12.1 Å². The van der Waals surface area contributed by atoms with Crippen LogP contribution in [0.1, 0.15) is 32.0 Å². The summed E-state index contributed by atoms with van der Waals surface area (Å²) in [6, 6.07) is 3.94. The Morgan fingerprint density at radius 3 is 2.31 bits per heavy atom. The standard InChI is InChI=1S/C11H17NO/c1-8-6-7-9(13-5)12-10(8)11(2,3)4/h6-7H,1-5H3. The summed E-state index contributed by atoms with van der Waals surface area (Å²) in [5, 5.41) is 0. The van der Waals surface area contributed by atoms with Crippen LogP contribution >= 0.6 is 0 Å². The largest absolute Gasteiger partial charge is 0.481 e. The summed E-state index contributed by atoms with van der Waals surface area (Å²) in [7, 11) is 1.64. The Morgan fingerprint density at radius 1 is 1.23 bits per heavy atom. The molecule has 0 aromatic carbocycles. The van der Waals surface area contributed by atoms with Crippen LogP contribution in [0.3, 0.4) is 0 Å². The molecule has 0 saturated carbocycles. The third-order valence-electron chi connectivity index (χ3n) is 1.99. The van der Waals surface area contributed by atoms with Crippen molar-refractivity contribution in [2.45, 2.75) is 33.1 Å². The van der Waals surface area contributed by atoms with E-state index in [1.165, 1.54) is 5.56 Å². The number of hydrogen-bond donors (Lipinski definition) is 0. The van der Waals surface area contributed by atoms with E-state index in [9.17, 15) is 0 Å². The van der Waals surface area contributed by atoms with Gasteiger partial charge in [-0.05, 0) is 12.5 Å². The topological polar surface area (TPSA) is 22.1 Å². The zero-order valence-electron chi connectivity index (χ0n) is 9.01. The van der Waals surface area contributed by atoms with E-state index in [-0.39, 0.29) is 5.41 Å². The van der Waals surface area contributed by atoms with Crippen LogP contribution in [0.5, 0.6) is 5.88 Å². The van der Waals surface area contributed by atoms with E-state index >= 15 is 0 Å². The molecule has 0 saturated heterocycles. The first-order valence-electron chi connectivity index (χ1n) is 4.47. The summed E-state index contributed by atoms with van der Waals surface area (Å²) >= 11 is 0. The van der Waals surface area contributed by atoms with Crippen LogP contribution in [-0.4, -0.2) is 12.1 Å². The molecule has 72 valence electrons. The van der Waals surface area contributed by atoms with Crippen LogP contribution in [0.25, 0.3) is 0 Å². The molecule has 0 fully saturated rings. The van der Waals surface area contributed by atoms with Crippen molar-refractivity contribution in [1.29, 1.82) is 0 Å². The summed E-state index contributed by atoms with van der Waals surface area (Å²) in [5.41, 5.74) is 2.40.